The summed E-state index contributed by atoms with van der Waals surface area (Å²) in [6, 6.07) is 8.76. The lowest BCUT2D eigenvalue weighted by Gasteiger charge is -2.16. The molecule has 2 rings (SSSR count). The molecule has 0 aliphatic heterocycles. The minimum absolute atomic E-state index is 0.0256. The molecule has 0 fully saturated rings. The Hall–Kier alpha value is -1.26. The van der Waals surface area contributed by atoms with Crippen LogP contribution in [0.25, 0.3) is 0 Å². The average Bonchev–Trinajstić information content (AvgIpc) is 2.37. The van der Waals surface area contributed by atoms with E-state index in [1.807, 2.05) is 12.1 Å². The van der Waals surface area contributed by atoms with Gasteiger partial charge in [-0.3, -0.25) is 4.98 Å². The van der Waals surface area contributed by atoms with Crippen molar-refractivity contribution in [3.63, 3.8) is 0 Å². The Kier molecular flexibility index (Phi) is 4.44. The van der Waals surface area contributed by atoms with Gasteiger partial charge in [0.25, 0.3) is 0 Å². The monoisotopic (exact) mass is 308 g/mol. The quantitative estimate of drug-likeness (QED) is 0.941. The predicted octanol–water partition coefficient (Wildman–Crippen LogP) is 3.27. The molecular formula is C14H14BrFN2. The van der Waals surface area contributed by atoms with Crippen molar-refractivity contribution in [2.24, 2.45) is 5.73 Å². The van der Waals surface area contributed by atoms with Gasteiger partial charge in [-0.2, -0.15) is 0 Å². The largest absolute Gasteiger partial charge is 0.330 e. The highest BCUT2D eigenvalue weighted by molar-refractivity contribution is 9.10. The summed E-state index contributed by atoms with van der Waals surface area (Å²) in [5.74, 6) is -0.224. The molecule has 0 radical (unpaired) electrons. The van der Waals surface area contributed by atoms with Crippen LogP contribution in [0.4, 0.5) is 4.39 Å². The van der Waals surface area contributed by atoms with Crippen LogP contribution in [0.15, 0.2) is 47.2 Å². The number of hydrogen-bond acceptors (Lipinski definition) is 2. The highest BCUT2D eigenvalue weighted by Gasteiger charge is 2.14. The Morgan fingerprint density at radius 2 is 2.06 bits per heavy atom. The highest BCUT2D eigenvalue weighted by Crippen LogP contribution is 2.23. The molecule has 4 heteroatoms. The first-order valence-electron chi connectivity index (χ1n) is 5.74. The summed E-state index contributed by atoms with van der Waals surface area (Å²) in [6.45, 7) is 0.410. The molecule has 2 aromatic rings. The molecule has 0 bridgehead atoms. The standard InChI is InChI=1S/C14H14BrFN2/c15-12-6-10(8-18-9-12)5-11(7-17)13-3-1-2-4-14(13)16/h1-4,6,8-9,11H,5,7,17H2. The SMILES string of the molecule is NCC(Cc1cncc(Br)c1)c1ccccc1F. The normalized spacial score (nSPS) is 12.4. The van der Waals surface area contributed by atoms with Crippen LogP contribution in [0.2, 0.25) is 0 Å². The fourth-order valence-corrected chi connectivity index (χ4v) is 2.39. The second-order valence-corrected chi connectivity index (χ2v) is 5.09. The van der Waals surface area contributed by atoms with Crippen LogP contribution in [-0.4, -0.2) is 11.5 Å². The fourth-order valence-electron chi connectivity index (χ4n) is 1.98. The van der Waals surface area contributed by atoms with Crippen LogP contribution in [0, 0.1) is 5.82 Å². The molecule has 2 N–H and O–H groups in total. The predicted molar refractivity (Wildman–Crippen MR) is 73.8 cm³/mol. The zero-order valence-corrected chi connectivity index (χ0v) is 11.4. The van der Waals surface area contributed by atoms with Gasteiger partial charge < -0.3 is 5.73 Å². The molecule has 0 spiro atoms. The van der Waals surface area contributed by atoms with Crippen molar-refractivity contribution in [1.29, 1.82) is 0 Å². The topological polar surface area (TPSA) is 38.9 Å². The van der Waals surface area contributed by atoms with Crippen molar-refractivity contribution in [2.75, 3.05) is 6.54 Å². The molecule has 1 heterocycles. The molecule has 94 valence electrons. The molecule has 0 saturated carbocycles. The molecule has 1 unspecified atom stereocenters. The van der Waals surface area contributed by atoms with Gasteiger partial charge in [0.15, 0.2) is 0 Å². The molecule has 1 atom stereocenters. The number of nitrogens with two attached hydrogens (primary N) is 1. The van der Waals surface area contributed by atoms with Crippen LogP contribution < -0.4 is 5.73 Å². The minimum atomic E-state index is -0.198. The molecule has 1 aromatic carbocycles. The number of rotatable bonds is 4. The first-order chi connectivity index (χ1) is 8.70. The maximum Gasteiger partial charge on any atom is 0.126 e. The van der Waals surface area contributed by atoms with E-state index < -0.39 is 0 Å². The van der Waals surface area contributed by atoms with E-state index in [9.17, 15) is 4.39 Å². The zero-order chi connectivity index (χ0) is 13.0. The number of nitrogens with zero attached hydrogens (tertiary/aromatic N) is 1. The van der Waals surface area contributed by atoms with Crippen LogP contribution in [0.3, 0.4) is 0 Å². The van der Waals surface area contributed by atoms with Gasteiger partial charge in [-0.15, -0.1) is 0 Å². The summed E-state index contributed by atoms with van der Waals surface area (Å²) in [5, 5.41) is 0. The summed E-state index contributed by atoms with van der Waals surface area (Å²) >= 11 is 3.38. The molecule has 0 saturated heterocycles. The third kappa shape index (κ3) is 3.15. The second kappa shape index (κ2) is 6.07. The number of halogens is 2. The lowest BCUT2D eigenvalue weighted by atomic mass is 9.92. The smallest absolute Gasteiger partial charge is 0.126 e. The van der Waals surface area contributed by atoms with E-state index in [0.29, 0.717) is 18.5 Å². The maximum atomic E-state index is 13.7. The van der Waals surface area contributed by atoms with E-state index in [4.69, 9.17) is 5.73 Å². The van der Waals surface area contributed by atoms with Crippen molar-refractivity contribution in [3.05, 3.63) is 64.1 Å². The fraction of sp³-hybridized carbons (Fsp3) is 0.214. The Morgan fingerprint density at radius 1 is 1.28 bits per heavy atom. The molecule has 0 aliphatic rings. The van der Waals surface area contributed by atoms with E-state index in [2.05, 4.69) is 20.9 Å². The summed E-state index contributed by atoms with van der Waals surface area (Å²) in [7, 11) is 0. The van der Waals surface area contributed by atoms with Crippen molar-refractivity contribution in [1.82, 2.24) is 4.98 Å². The average molecular weight is 309 g/mol. The first-order valence-corrected chi connectivity index (χ1v) is 6.54. The third-order valence-corrected chi connectivity index (χ3v) is 3.31. The molecule has 2 nitrogen and oxygen atoms in total. The maximum absolute atomic E-state index is 13.7. The van der Waals surface area contributed by atoms with Crippen LogP contribution in [0.5, 0.6) is 0 Å². The lowest BCUT2D eigenvalue weighted by Crippen LogP contribution is -2.16. The minimum Gasteiger partial charge on any atom is -0.330 e. The second-order valence-electron chi connectivity index (χ2n) is 4.17. The zero-order valence-electron chi connectivity index (χ0n) is 9.81. The van der Waals surface area contributed by atoms with Gasteiger partial charge in [0.2, 0.25) is 0 Å². The van der Waals surface area contributed by atoms with E-state index in [-0.39, 0.29) is 11.7 Å². The van der Waals surface area contributed by atoms with E-state index in [1.54, 1.807) is 24.5 Å². The summed E-state index contributed by atoms with van der Waals surface area (Å²) in [6.07, 6.45) is 4.20. The van der Waals surface area contributed by atoms with Gasteiger partial charge in [0, 0.05) is 22.8 Å². The molecule has 1 aromatic heterocycles. The van der Waals surface area contributed by atoms with Crippen LogP contribution >= 0.6 is 15.9 Å². The Balaban J connectivity index is 2.23. The summed E-state index contributed by atoms with van der Waals surface area (Å²) < 4.78 is 14.6. The first kappa shape index (κ1) is 13.2. The van der Waals surface area contributed by atoms with Crippen molar-refractivity contribution in [2.45, 2.75) is 12.3 Å². The van der Waals surface area contributed by atoms with Crippen LogP contribution in [0.1, 0.15) is 17.0 Å². The molecule has 0 amide bonds. The van der Waals surface area contributed by atoms with Crippen molar-refractivity contribution < 1.29 is 4.39 Å². The Bertz CT molecular complexity index is 531. The molecule has 18 heavy (non-hydrogen) atoms. The van der Waals surface area contributed by atoms with E-state index in [1.165, 1.54) is 6.07 Å². The number of aromatic nitrogens is 1. The highest BCUT2D eigenvalue weighted by atomic mass is 79.9. The van der Waals surface area contributed by atoms with Gasteiger partial charge in [-0.25, -0.2) is 4.39 Å². The summed E-state index contributed by atoms with van der Waals surface area (Å²) in [4.78, 5) is 4.11. The van der Waals surface area contributed by atoms with Gasteiger partial charge in [-0.1, -0.05) is 18.2 Å². The molecule has 0 aliphatic carbocycles. The van der Waals surface area contributed by atoms with Crippen molar-refractivity contribution in [3.8, 4) is 0 Å². The Labute approximate surface area is 114 Å². The van der Waals surface area contributed by atoms with Gasteiger partial charge in [0.1, 0.15) is 5.82 Å². The van der Waals surface area contributed by atoms with Crippen LogP contribution in [-0.2, 0) is 6.42 Å². The number of hydrogen-bond donors (Lipinski definition) is 1. The lowest BCUT2D eigenvalue weighted by molar-refractivity contribution is 0.575. The van der Waals surface area contributed by atoms with Gasteiger partial charge in [-0.05, 0) is 52.2 Å². The summed E-state index contributed by atoms with van der Waals surface area (Å²) in [5.41, 5.74) is 7.47. The van der Waals surface area contributed by atoms with E-state index >= 15 is 0 Å². The van der Waals surface area contributed by atoms with Crippen molar-refractivity contribution >= 4 is 15.9 Å². The molecular weight excluding hydrogens is 295 g/mol. The number of pyridine rings is 1. The Morgan fingerprint density at radius 3 is 2.72 bits per heavy atom. The number of benzene rings is 1. The van der Waals surface area contributed by atoms with E-state index in [0.717, 1.165) is 10.0 Å². The van der Waals surface area contributed by atoms with Gasteiger partial charge in [0.05, 0.1) is 0 Å². The third-order valence-electron chi connectivity index (χ3n) is 2.87. The van der Waals surface area contributed by atoms with Gasteiger partial charge >= 0.3 is 0 Å².